The van der Waals surface area contributed by atoms with Crippen LogP contribution in [-0.4, -0.2) is 29.1 Å². The summed E-state index contributed by atoms with van der Waals surface area (Å²) in [6, 6.07) is 8.65. The zero-order valence-electron chi connectivity index (χ0n) is 11.4. The Hall–Kier alpha value is -2.06. The molecular weight excluding hydrogens is 242 g/mol. The molecule has 5 nitrogen and oxygen atoms in total. The first-order valence-electron chi connectivity index (χ1n) is 6.14. The van der Waals surface area contributed by atoms with Crippen molar-refractivity contribution in [1.29, 1.82) is 5.26 Å². The lowest BCUT2D eigenvalue weighted by Gasteiger charge is -2.23. The number of hydrogen-bond acceptors (Lipinski definition) is 3. The molecule has 2 unspecified atom stereocenters. The molecule has 1 aromatic carbocycles. The zero-order chi connectivity index (χ0) is 14.4. The molecule has 0 saturated heterocycles. The third kappa shape index (κ3) is 4.27. The van der Waals surface area contributed by atoms with Crippen molar-refractivity contribution in [2.45, 2.75) is 32.4 Å². The third-order valence-electron chi connectivity index (χ3n) is 3.01. The standard InChI is InChI=1S/C14H19N3O2/c1-10(8-9-15)17(3)14(19)16-13-6-4-12(5-7-13)11(2)18/h4-7,10-11,18H,8H2,1-3H3,(H,16,19). The summed E-state index contributed by atoms with van der Waals surface area (Å²) in [6.45, 7) is 3.50. The van der Waals surface area contributed by atoms with Crippen LogP contribution in [0.1, 0.15) is 31.9 Å². The number of carbonyl (C=O) groups excluding carboxylic acids is 1. The number of nitriles is 1. The number of rotatable bonds is 4. The van der Waals surface area contributed by atoms with E-state index in [2.05, 4.69) is 5.32 Å². The second-order valence-corrected chi connectivity index (χ2v) is 4.55. The zero-order valence-corrected chi connectivity index (χ0v) is 11.4. The lowest BCUT2D eigenvalue weighted by atomic mass is 10.1. The summed E-state index contributed by atoms with van der Waals surface area (Å²) >= 11 is 0. The molecule has 1 rings (SSSR count). The van der Waals surface area contributed by atoms with Crippen LogP contribution < -0.4 is 5.32 Å². The van der Waals surface area contributed by atoms with Gasteiger partial charge < -0.3 is 15.3 Å². The molecule has 0 aromatic heterocycles. The number of aliphatic hydroxyl groups is 1. The monoisotopic (exact) mass is 261 g/mol. The second kappa shape index (κ2) is 6.76. The number of anilines is 1. The van der Waals surface area contributed by atoms with Crippen LogP contribution in [-0.2, 0) is 0 Å². The van der Waals surface area contributed by atoms with Gasteiger partial charge in [-0.2, -0.15) is 5.26 Å². The van der Waals surface area contributed by atoms with Crippen molar-refractivity contribution in [1.82, 2.24) is 4.90 Å². The maximum atomic E-state index is 11.9. The summed E-state index contributed by atoms with van der Waals surface area (Å²) in [6.07, 6.45) is -0.228. The molecule has 2 N–H and O–H groups in total. The Morgan fingerprint density at radius 2 is 2.00 bits per heavy atom. The van der Waals surface area contributed by atoms with Gasteiger partial charge in [0.1, 0.15) is 0 Å². The molecule has 2 atom stereocenters. The van der Waals surface area contributed by atoms with Crippen molar-refractivity contribution in [3.63, 3.8) is 0 Å². The first kappa shape index (κ1) is 15.0. The summed E-state index contributed by atoms with van der Waals surface area (Å²) in [5, 5.41) is 20.7. The lowest BCUT2D eigenvalue weighted by molar-refractivity contribution is 0.199. The number of nitrogens with one attached hydrogen (secondary N) is 1. The Bertz CT molecular complexity index is 463. The highest BCUT2D eigenvalue weighted by molar-refractivity contribution is 5.89. The molecule has 0 radical (unpaired) electrons. The van der Waals surface area contributed by atoms with Gasteiger partial charge in [0.05, 0.1) is 18.6 Å². The van der Waals surface area contributed by atoms with Gasteiger partial charge in [0.2, 0.25) is 0 Å². The van der Waals surface area contributed by atoms with Gasteiger partial charge >= 0.3 is 6.03 Å². The topological polar surface area (TPSA) is 76.4 Å². The van der Waals surface area contributed by atoms with Crippen LogP contribution in [0, 0.1) is 11.3 Å². The molecule has 5 heteroatoms. The fourth-order valence-corrected chi connectivity index (χ4v) is 1.53. The molecular formula is C14H19N3O2. The first-order valence-corrected chi connectivity index (χ1v) is 6.14. The van der Waals surface area contributed by atoms with Crippen molar-refractivity contribution in [2.24, 2.45) is 0 Å². The molecule has 0 saturated carbocycles. The van der Waals surface area contributed by atoms with Gasteiger partial charge in [0.15, 0.2) is 0 Å². The SMILES string of the molecule is CC(O)c1ccc(NC(=O)N(C)C(C)CC#N)cc1. The highest BCUT2D eigenvalue weighted by Crippen LogP contribution is 2.16. The molecule has 1 aromatic rings. The molecule has 102 valence electrons. The maximum absolute atomic E-state index is 11.9. The third-order valence-corrected chi connectivity index (χ3v) is 3.01. The van der Waals surface area contributed by atoms with Crippen molar-refractivity contribution >= 4 is 11.7 Å². The molecule has 0 aliphatic carbocycles. The highest BCUT2D eigenvalue weighted by Gasteiger charge is 2.15. The van der Waals surface area contributed by atoms with E-state index in [9.17, 15) is 9.90 Å². The fourth-order valence-electron chi connectivity index (χ4n) is 1.53. The van der Waals surface area contributed by atoms with Crippen molar-refractivity contribution in [2.75, 3.05) is 12.4 Å². The number of aliphatic hydroxyl groups excluding tert-OH is 1. The average Bonchev–Trinajstić information content (AvgIpc) is 2.38. The summed E-state index contributed by atoms with van der Waals surface area (Å²) < 4.78 is 0. The second-order valence-electron chi connectivity index (χ2n) is 4.55. The Morgan fingerprint density at radius 1 is 1.42 bits per heavy atom. The van der Waals surface area contributed by atoms with Gasteiger partial charge in [-0.25, -0.2) is 4.79 Å². The van der Waals surface area contributed by atoms with E-state index in [-0.39, 0.29) is 12.1 Å². The first-order chi connectivity index (χ1) is 8.95. The van der Waals surface area contributed by atoms with Crippen molar-refractivity contribution < 1.29 is 9.90 Å². The summed E-state index contributed by atoms with van der Waals surface area (Å²) in [5.41, 5.74) is 1.45. The molecule has 2 amide bonds. The van der Waals surface area contributed by atoms with Gasteiger partial charge in [-0.1, -0.05) is 12.1 Å². The van der Waals surface area contributed by atoms with E-state index >= 15 is 0 Å². The van der Waals surface area contributed by atoms with E-state index in [0.717, 1.165) is 5.56 Å². The normalized spacial score (nSPS) is 13.2. The summed E-state index contributed by atoms with van der Waals surface area (Å²) in [7, 11) is 1.65. The van der Waals surface area contributed by atoms with Crippen LogP contribution in [0.4, 0.5) is 10.5 Å². The van der Waals surface area contributed by atoms with Crippen LogP contribution in [0.2, 0.25) is 0 Å². The van der Waals surface area contributed by atoms with Crippen LogP contribution in [0.5, 0.6) is 0 Å². The molecule has 0 aliphatic rings. The van der Waals surface area contributed by atoms with Crippen LogP contribution >= 0.6 is 0 Å². The number of benzene rings is 1. The van der Waals surface area contributed by atoms with Gasteiger partial charge in [0, 0.05) is 18.8 Å². The van der Waals surface area contributed by atoms with Crippen LogP contribution in [0.25, 0.3) is 0 Å². The minimum absolute atomic E-state index is 0.137. The van der Waals surface area contributed by atoms with E-state index in [1.807, 2.05) is 13.0 Å². The number of urea groups is 1. The maximum Gasteiger partial charge on any atom is 0.321 e. The van der Waals surface area contributed by atoms with E-state index in [0.29, 0.717) is 12.1 Å². The molecule has 0 heterocycles. The molecule has 0 spiro atoms. The van der Waals surface area contributed by atoms with E-state index in [1.54, 1.807) is 38.2 Å². The van der Waals surface area contributed by atoms with Crippen LogP contribution in [0.15, 0.2) is 24.3 Å². The Kier molecular flexibility index (Phi) is 5.34. The van der Waals surface area contributed by atoms with E-state index in [4.69, 9.17) is 5.26 Å². The van der Waals surface area contributed by atoms with Crippen molar-refractivity contribution in [3.8, 4) is 6.07 Å². The largest absolute Gasteiger partial charge is 0.389 e. The number of carbonyl (C=O) groups is 1. The highest BCUT2D eigenvalue weighted by atomic mass is 16.3. The molecule has 0 bridgehead atoms. The van der Waals surface area contributed by atoms with Gasteiger partial charge in [-0.3, -0.25) is 0 Å². The molecule has 0 fully saturated rings. The summed E-state index contributed by atoms with van der Waals surface area (Å²) in [5.74, 6) is 0. The van der Waals surface area contributed by atoms with Crippen molar-refractivity contribution in [3.05, 3.63) is 29.8 Å². The lowest BCUT2D eigenvalue weighted by Crippen LogP contribution is -2.38. The molecule has 0 aliphatic heterocycles. The predicted molar refractivity (Wildman–Crippen MR) is 73.5 cm³/mol. The molecule has 19 heavy (non-hydrogen) atoms. The predicted octanol–water partition coefficient (Wildman–Crippen LogP) is 2.51. The Balaban J connectivity index is 2.64. The fraction of sp³-hybridized carbons (Fsp3) is 0.429. The number of amides is 2. The van der Waals surface area contributed by atoms with Gasteiger partial charge in [-0.15, -0.1) is 0 Å². The average molecular weight is 261 g/mol. The Labute approximate surface area is 113 Å². The minimum atomic E-state index is -0.525. The minimum Gasteiger partial charge on any atom is -0.389 e. The van der Waals surface area contributed by atoms with Crippen LogP contribution in [0.3, 0.4) is 0 Å². The van der Waals surface area contributed by atoms with Gasteiger partial charge in [0.25, 0.3) is 0 Å². The smallest absolute Gasteiger partial charge is 0.321 e. The Morgan fingerprint density at radius 3 is 2.47 bits per heavy atom. The summed E-state index contributed by atoms with van der Waals surface area (Å²) in [4.78, 5) is 13.4. The van der Waals surface area contributed by atoms with E-state index in [1.165, 1.54) is 4.90 Å². The quantitative estimate of drug-likeness (QED) is 0.874. The number of nitrogens with zero attached hydrogens (tertiary/aromatic N) is 2. The van der Waals surface area contributed by atoms with Gasteiger partial charge in [-0.05, 0) is 31.5 Å². The van der Waals surface area contributed by atoms with E-state index < -0.39 is 6.10 Å². The number of hydrogen-bond donors (Lipinski definition) is 2.